The summed E-state index contributed by atoms with van der Waals surface area (Å²) < 4.78 is 0.793. The number of benzene rings is 2. The standard InChI is InChI=1S/C24H24BrN3O3/c1-24(2,3)18-10-8-17(9-11-18)22(29)28-20(23(30)31)12-15-4-6-16(7-5-15)21-26-13-19(25)14-27-21/h4-11,13-14,20H,12H2,1-3H3,(H,28,29)(H,30,31)/t20-/m0/s1. The quantitative estimate of drug-likeness (QED) is 0.535. The third-order valence-corrected chi connectivity index (χ3v) is 5.30. The number of aromatic nitrogens is 2. The van der Waals surface area contributed by atoms with Gasteiger partial charge in [0.05, 0.1) is 4.47 Å². The van der Waals surface area contributed by atoms with Crippen LogP contribution in [0.25, 0.3) is 11.4 Å². The molecule has 2 aromatic carbocycles. The Morgan fingerprint density at radius 1 is 1.00 bits per heavy atom. The first-order chi connectivity index (χ1) is 14.6. The maximum Gasteiger partial charge on any atom is 0.326 e. The Kier molecular flexibility index (Phi) is 6.85. The Morgan fingerprint density at radius 2 is 1.58 bits per heavy atom. The van der Waals surface area contributed by atoms with E-state index in [4.69, 9.17) is 0 Å². The lowest BCUT2D eigenvalue weighted by molar-refractivity contribution is -0.139. The SMILES string of the molecule is CC(C)(C)c1ccc(C(=O)N[C@@H](Cc2ccc(-c3ncc(Br)cn3)cc2)C(=O)O)cc1. The molecule has 0 fully saturated rings. The molecule has 31 heavy (non-hydrogen) atoms. The van der Waals surface area contributed by atoms with Crippen molar-refractivity contribution in [3.05, 3.63) is 82.1 Å². The molecule has 0 radical (unpaired) electrons. The van der Waals surface area contributed by atoms with Crippen molar-refractivity contribution < 1.29 is 14.7 Å². The second-order valence-corrected chi connectivity index (χ2v) is 9.23. The van der Waals surface area contributed by atoms with E-state index in [9.17, 15) is 14.7 Å². The number of carboxylic acid groups (broad SMARTS) is 1. The van der Waals surface area contributed by atoms with Crippen LogP contribution >= 0.6 is 15.9 Å². The number of carbonyl (C=O) groups excluding carboxylic acids is 1. The van der Waals surface area contributed by atoms with Crippen LogP contribution in [0.3, 0.4) is 0 Å². The molecule has 0 saturated carbocycles. The Bertz CT molecular complexity index is 1060. The molecule has 3 rings (SSSR count). The van der Waals surface area contributed by atoms with Crippen LogP contribution in [0.4, 0.5) is 0 Å². The van der Waals surface area contributed by atoms with Gasteiger partial charge in [-0.1, -0.05) is 57.2 Å². The fourth-order valence-corrected chi connectivity index (χ4v) is 3.25. The van der Waals surface area contributed by atoms with E-state index in [1.54, 1.807) is 24.5 Å². The van der Waals surface area contributed by atoms with Gasteiger partial charge in [-0.2, -0.15) is 0 Å². The summed E-state index contributed by atoms with van der Waals surface area (Å²) in [5.74, 6) is -0.913. The molecule has 1 atom stereocenters. The van der Waals surface area contributed by atoms with Gasteiger partial charge in [0.25, 0.3) is 5.91 Å². The molecule has 0 saturated heterocycles. The molecule has 2 N–H and O–H groups in total. The number of amides is 1. The molecular weight excluding hydrogens is 458 g/mol. The van der Waals surface area contributed by atoms with Crippen molar-refractivity contribution in [2.75, 3.05) is 0 Å². The normalized spacial score (nSPS) is 12.3. The summed E-state index contributed by atoms with van der Waals surface area (Å²) in [7, 11) is 0. The van der Waals surface area contributed by atoms with Crippen LogP contribution < -0.4 is 5.32 Å². The molecule has 1 amide bonds. The van der Waals surface area contributed by atoms with E-state index in [1.165, 1.54) is 0 Å². The van der Waals surface area contributed by atoms with Gasteiger partial charge in [0, 0.05) is 29.9 Å². The predicted octanol–water partition coefficient (Wildman–Crippen LogP) is 4.63. The number of carbonyl (C=O) groups is 2. The monoisotopic (exact) mass is 481 g/mol. The van der Waals surface area contributed by atoms with Gasteiger partial charge in [-0.05, 0) is 44.6 Å². The highest BCUT2D eigenvalue weighted by Gasteiger charge is 2.22. The Labute approximate surface area is 189 Å². The van der Waals surface area contributed by atoms with Crippen molar-refractivity contribution in [1.29, 1.82) is 0 Å². The van der Waals surface area contributed by atoms with E-state index >= 15 is 0 Å². The summed E-state index contributed by atoms with van der Waals surface area (Å²) in [4.78, 5) is 32.8. The molecule has 7 heteroatoms. The summed E-state index contributed by atoms with van der Waals surface area (Å²) in [6, 6.07) is 13.5. The lowest BCUT2D eigenvalue weighted by atomic mass is 9.86. The highest BCUT2D eigenvalue weighted by atomic mass is 79.9. The molecular formula is C24H24BrN3O3. The molecule has 0 spiro atoms. The Morgan fingerprint density at radius 3 is 2.10 bits per heavy atom. The number of carboxylic acids is 1. The van der Waals surface area contributed by atoms with Gasteiger partial charge in [-0.25, -0.2) is 14.8 Å². The summed E-state index contributed by atoms with van der Waals surface area (Å²) in [6.45, 7) is 6.28. The van der Waals surface area contributed by atoms with Crippen LogP contribution in [0.5, 0.6) is 0 Å². The molecule has 0 unspecified atom stereocenters. The molecule has 0 bridgehead atoms. The highest BCUT2D eigenvalue weighted by molar-refractivity contribution is 9.10. The fourth-order valence-electron chi connectivity index (χ4n) is 3.05. The highest BCUT2D eigenvalue weighted by Crippen LogP contribution is 2.22. The zero-order chi connectivity index (χ0) is 22.6. The summed E-state index contributed by atoms with van der Waals surface area (Å²) in [5, 5.41) is 12.2. The summed E-state index contributed by atoms with van der Waals surface area (Å²) in [6.07, 6.45) is 3.50. The number of rotatable bonds is 6. The predicted molar refractivity (Wildman–Crippen MR) is 123 cm³/mol. The largest absolute Gasteiger partial charge is 0.480 e. The minimum absolute atomic E-state index is 0.0218. The van der Waals surface area contributed by atoms with E-state index in [0.29, 0.717) is 11.4 Å². The molecule has 1 heterocycles. The first kappa shape index (κ1) is 22.6. The van der Waals surface area contributed by atoms with E-state index in [2.05, 4.69) is 52.0 Å². The average Bonchev–Trinajstić information content (AvgIpc) is 2.74. The number of halogens is 1. The maximum atomic E-state index is 12.6. The zero-order valence-corrected chi connectivity index (χ0v) is 19.2. The van der Waals surface area contributed by atoms with Gasteiger partial charge in [0.1, 0.15) is 6.04 Å². The minimum Gasteiger partial charge on any atom is -0.480 e. The van der Waals surface area contributed by atoms with Crippen LogP contribution in [-0.4, -0.2) is 33.0 Å². The van der Waals surface area contributed by atoms with Crippen LogP contribution in [0.2, 0.25) is 0 Å². The van der Waals surface area contributed by atoms with Gasteiger partial charge in [-0.15, -0.1) is 0 Å². The molecule has 160 valence electrons. The average molecular weight is 482 g/mol. The summed E-state index contributed by atoms with van der Waals surface area (Å²) in [5.41, 5.74) is 3.13. The van der Waals surface area contributed by atoms with Crippen molar-refractivity contribution >= 4 is 27.8 Å². The van der Waals surface area contributed by atoms with Crippen molar-refractivity contribution in [3.63, 3.8) is 0 Å². The summed E-state index contributed by atoms with van der Waals surface area (Å²) >= 11 is 3.30. The maximum absolute atomic E-state index is 12.6. The van der Waals surface area contributed by atoms with Crippen LogP contribution in [0, 0.1) is 0 Å². The van der Waals surface area contributed by atoms with Gasteiger partial charge < -0.3 is 10.4 Å². The molecule has 0 aliphatic rings. The van der Waals surface area contributed by atoms with E-state index in [1.807, 2.05) is 36.4 Å². The van der Waals surface area contributed by atoms with Crippen LogP contribution in [0.1, 0.15) is 42.3 Å². The van der Waals surface area contributed by atoms with E-state index < -0.39 is 17.9 Å². The third-order valence-electron chi connectivity index (χ3n) is 4.89. The lowest BCUT2D eigenvalue weighted by Crippen LogP contribution is -2.42. The number of nitrogens with zero attached hydrogens (tertiary/aromatic N) is 2. The number of hydrogen-bond donors (Lipinski definition) is 2. The third kappa shape index (κ3) is 5.98. The number of nitrogens with one attached hydrogen (secondary N) is 1. The Balaban J connectivity index is 1.69. The van der Waals surface area contributed by atoms with Crippen molar-refractivity contribution in [2.24, 2.45) is 0 Å². The van der Waals surface area contributed by atoms with Crippen molar-refractivity contribution in [1.82, 2.24) is 15.3 Å². The van der Waals surface area contributed by atoms with E-state index in [-0.39, 0.29) is 11.8 Å². The van der Waals surface area contributed by atoms with Gasteiger partial charge in [0.2, 0.25) is 0 Å². The molecule has 6 nitrogen and oxygen atoms in total. The molecule has 1 aromatic heterocycles. The van der Waals surface area contributed by atoms with Crippen molar-refractivity contribution in [2.45, 2.75) is 38.6 Å². The van der Waals surface area contributed by atoms with Gasteiger partial charge >= 0.3 is 5.97 Å². The molecule has 3 aromatic rings. The molecule has 0 aliphatic carbocycles. The van der Waals surface area contributed by atoms with Crippen molar-refractivity contribution in [3.8, 4) is 11.4 Å². The number of aliphatic carboxylic acids is 1. The molecule has 0 aliphatic heterocycles. The van der Waals surface area contributed by atoms with Gasteiger partial charge in [0.15, 0.2) is 5.82 Å². The Hall–Kier alpha value is -3.06. The minimum atomic E-state index is -1.08. The first-order valence-electron chi connectivity index (χ1n) is 9.84. The van der Waals surface area contributed by atoms with Gasteiger partial charge in [-0.3, -0.25) is 4.79 Å². The first-order valence-corrected chi connectivity index (χ1v) is 10.6. The van der Waals surface area contributed by atoms with E-state index in [0.717, 1.165) is 21.2 Å². The second-order valence-electron chi connectivity index (χ2n) is 8.32. The topological polar surface area (TPSA) is 92.2 Å². The fraction of sp³-hybridized carbons (Fsp3) is 0.250. The van der Waals surface area contributed by atoms with Crippen LogP contribution in [0.15, 0.2) is 65.4 Å². The number of hydrogen-bond acceptors (Lipinski definition) is 4. The second kappa shape index (κ2) is 9.39. The smallest absolute Gasteiger partial charge is 0.326 e. The lowest BCUT2D eigenvalue weighted by Gasteiger charge is -2.19. The van der Waals surface area contributed by atoms with Crippen LogP contribution in [-0.2, 0) is 16.6 Å². The zero-order valence-electron chi connectivity index (χ0n) is 17.6.